The Balaban J connectivity index is 2.46. The molecular formula is C11H13N3O4S. The van der Waals surface area contributed by atoms with Gasteiger partial charge in [-0.1, -0.05) is 6.92 Å². The molecule has 1 aliphatic heterocycles. The zero-order valence-electron chi connectivity index (χ0n) is 10.2. The largest absolute Gasteiger partial charge is 0.399 e. The Morgan fingerprint density at radius 3 is 2.63 bits per heavy atom. The summed E-state index contributed by atoms with van der Waals surface area (Å²) in [5.74, 6) is -2.09. The number of fused-ring (bicyclic) bond motifs is 1. The second-order valence-electron chi connectivity index (χ2n) is 4.40. The zero-order chi connectivity index (χ0) is 14.4. The van der Waals surface area contributed by atoms with E-state index in [1.54, 1.807) is 0 Å². The van der Waals surface area contributed by atoms with Crippen molar-refractivity contribution < 1.29 is 18.0 Å². The Morgan fingerprint density at radius 2 is 2.05 bits per heavy atom. The quantitative estimate of drug-likeness (QED) is 0.726. The highest BCUT2D eigenvalue weighted by molar-refractivity contribution is 7.90. The Hall–Kier alpha value is -2.09. The summed E-state index contributed by atoms with van der Waals surface area (Å²) in [5, 5.41) is 0. The van der Waals surface area contributed by atoms with Crippen LogP contribution in [0.15, 0.2) is 23.1 Å². The second kappa shape index (κ2) is 4.23. The van der Waals surface area contributed by atoms with Gasteiger partial charge in [-0.15, -0.1) is 0 Å². The maximum atomic E-state index is 12.2. The van der Waals surface area contributed by atoms with E-state index in [1.807, 2.05) is 0 Å². The number of carbonyl (C=O) groups is 2. The molecule has 0 aliphatic carbocycles. The number of rotatable bonds is 3. The molecule has 2 rings (SSSR count). The van der Waals surface area contributed by atoms with Crippen LogP contribution in [0.4, 0.5) is 5.69 Å². The fourth-order valence-corrected chi connectivity index (χ4v) is 3.50. The predicted octanol–water partition coefficient (Wildman–Crippen LogP) is -0.465. The summed E-state index contributed by atoms with van der Waals surface area (Å²) in [6, 6.07) is 4.05. The maximum Gasteiger partial charge on any atom is 0.269 e. The number of nitrogen functional groups attached to an aromatic ring is 1. The molecule has 8 heteroatoms. The van der Waals surface area contributed by atoms with Gasteiger partial charge in [0.15, 0.2) is 0 Å². The van der Waals surface area contributed by atoms with Gasteiger partial charge in [-0.2, -0.15) is 0 Å². The van der Waals surface area contributed by atoms with Crippen molar-refractivity contribution in [2.45, 2.75) is 11.8 Å². The van der Waals surface area contributed by atoms with Gasteiger partial charge in [0, 0.05) is 12.2 Å². The van der Waals surface area contributed by atoms with Gasteiger partial charge in [0.25, 0.3) is 15.9 Å². The second-order valence-corrected chi connectivity index (χ2v) is 6.23. The van der Waals surface area contributed by atoms with Crippen LogP contribution < -0.4 is 11.5 Å². The molecule has 1 heterocycles. The molecule has 19 heavy (non-hydrogen) atoms. The smallest absolute Gasteiger partial charge is 0.269 e. The first-order valence-corrected chi connectivity index (χ1v) is 6.95. The van der Waals surface area contributed by atoms with Crippen LogP contribution in [0.25, 0.3) is 0 Å². The standard InChI is InChI=1S/C11H13N3O4S/c1-6(10(13)15)5-14-11(16)8-3-2-7(12)4-9(8)19(14,17)18/h2-4,6H,5,12H2,1H3,(H2,13,15). The number of nitrogens with zero attached hydrogens (tertiary/aromatic N) is 1. The SMILES string of the molecule is CC(CN1C(=O)c2ccc(N)cc2S1(=O)=O)C(N)=O. The fourth-order valence-electron chi connectivity index (χ4n) is 1.81. The van der Waals surface area contributed by atoms with E-state index in [2.05, 4.69) is 0 Å². The van der Waals surface area contributed by atoms with Crippen molar-refractivity contribution in [3.8, 4) is 0 Å². The highest BCUT2D eigenvalue weighted by Gasteiger charge is 2.42. The van der Waals surface area contributed by atoms with Crippen LogP contribution in [-0.4, -0.2) is 31.1 Å². The summed E-state index contributed by atoms with van der Waals surface area (Å²) < 4.78 is 25.1. The van der Waals surface area contributed by atoms with Crippen LogP contribution in [0.3, 0.4) is 0 Å². The molecule has 0 spiro atoms. The number of hydrogen-bond acceptors (Lipinski definition) is 5. The van der Waals surface area contributed by atoms with E-state index in [-0.39, 0.29) is 22.7 Å². The van der Waals surface area contributed by atoms with Gasteiger partial charge in [-0.05, 0) is 18.2 Å². The van der Waals surface area contributed by atoms with Crippen molar-refractivity contribution in [1.82, 2.24) is 4.31 Å². The Kier molecular flexibility index (Phi) is 2.97. The van der Waals surface area contributed by atoms with Gasteiger partial charge in [-0.25, -0.2) is 12.7 Å². The zero-order valence-corrected chi connectivity index (χ0v) is 11.0. The molecule has 0 aromatic heterocycles. The molecule has 1 atom stereocenters. The Bertz CT molecular complexity index is 669. The first kappa shape index (κ1) is 13.3. The van der Waals surface area contributed by atoms with E-state index in [0.29, 0.717) is 4.31 Å². The summed E-state index contributed by atoms with van der Waals surface area (Å²) in [6.07, 6.45) is 0. The highest BCUT2D eigenvalue weighted by Crippen LogP contribution is 2.32. The van der Waals surface area contributed by atoms with Gasteiger partial charge in [0.05, 0.1) is 11.5 Å². The summed E-state index contributed by atoms with van der Waals surface area (Å²) in [4.78, 5) is 22.9. The molecule has 0 bridgehead atoms. The Morgan fingerprint density at radius 1 is 1.42 bits per heavy atom. The van der Waals surface area contributed by atoms with Crippen molar-refractivity contribution in [3.05, 3.63) is 23.8 Å². The highest BCUT2D eigenvalue weighted by atomic mass is 32.2. The van der Waals surface area contributed by atoms with Gasteiger partial charge in [0.2, 0.25) is 5.91 Å². The number of benzene rings is 1. The normalized spacial score (nSPS) is 18.2. The lowest BCUT2D eigenvalue weighted by atomic mass is 10.1. The number of carbonyl (C=O) groups excluding carboxylic acids is 2. The number of anilines is 1. The molecule has 2 amide bonds. The summed E-state index contributed by atoms with van der Waals surface area (Å²) in [7, 11) is -3.95. The van der Waals surface area contributed by atoms with Crippen LogP contribution in [0, 0.1) is 5.92 Å². The number of amides is 2. The van der Waals surface area contributed by atoms with Crippen molar-refractivity contribution in [1.29, 1.82) is 0 Å². The molecule has 0 fully saturated rings. The van der Waals surface area contributed by atoms with E-state index < -0.39 is 27.8 Å². The van der Waals surface area contributed by atoms with Crippen molar-refractivity contribution >= 4 is 27.5 Å². The minimum atomic E-state index is -3.95. The molecule has 7 nitrogen and oxygen atoms in total. The molecule has 4 N–H and O–H groups in total. The minimum Gasteiger partial charge on any atom is -0.399 e. The van der Waals surface area contributed by atoms with Crippen LogP contribution in [0.2, 0.25) is 0 Å². The summed E-state index contributed by atoms with van der Waals surface area (Å²) in [6.45, 7) is 1.19. The molecule has 1 aliphatic rings. The molecular weight excluding hydrogens is 270 g/mol. The van der Waals surface area contributed by atoms with E-state index in [4.69, 9.17) is 11.5 Å². The van der Waals surface area contributed by atoms with Crippen LogP contribution in [-0.2, 0) is 14.8 Å². The van der Waals surface area contributed by atoms with Gasteiger partial charge in [-0.3, -0.25) is 9.59 Å². The molecule has 1 unspecified atom stereocenters. The summed E-state index contributed by atoms with van der Waals surface area (Å²) in [5.41, 5.74) is 10.9. The van der Waals surface area contributed by atoms with E-state index in [0.717, 1.165) is 0 Å². The fraction of sp³-hybridized carbons (Fsp3) is 0.273. The van der Waals surface area contributed by atoms with Crippen LogP contribution in [0.1, 0.15) is 17.3 Å². The van der Waals surface area contributed by atoms with Gasteiger partial charge >= 0.3 is 0 Å². The number of sulfonamides is 1. The van der Waals surface area contributed by atoms with E-state index in [1.165, 1.54) is 25.1 Å². The molecule has 0 saturated carbocycles. The van der Waals surface area contributed by atoms with E-state index in [9.17, 15) is 18.0 Å². The number of nitrogens with two attached hydrogens (primary N) is 2. The summed E-state index contributed by atoms with van der Waals surface area (Å²) >= 11 is 0. The third-order valence-corrected chi connectivity index (χ3v) is 4.74. The first-order valence-electron chi connectivity index (χ1n) is 5.51. The maximum absolute atomic E-state index is 12.2. The topological polar surface area (TPSA) is 124 Å². The number of primary amides is 1. The lowest BCUT2D eigenvalue weighted by molar-refractivity contribution is -0.121. The van der Waals surface area contributed by atoms with Crippen molar-refractivity contribution in [2.75, 3.05) is 12.3 Å². The third-order valence-electron chi connectivity index (χ3n) is 2.96. The molecule has 1 aromatic rings. The Labute approximate surface area is 110 Å². The average Bonchev–Trinajstić information content (AvgIpc) is 2.50. The van der Waals surface area contributed by atoms with Crippen molar-refractivity contribution in [3.63, 3.8) is 0 Å². The molecule has 0 saturated heterocycles. The number of hydrogen-bond donors (Lipinski definition) is 2. The minimum absolute atomic E-state index is 0.0610. The lowest BCUT2D eigenvalue weighted by Gasteiger charge is -2.17. The van der Waals surface area contributed by atoms with Crippen LogP contribution >= 0.6 is 0 Å². The average molecular weight is 283 g/mol. The lowest BCUT2D eigenvalue weighted by Crippen LogP contribution is -2.38. The van der Waals surface area contributed by atoms with E-state index >= 15 is 0 Å². The molecule has 1 aromatic carbocycles. The van der Waals surface area contributed by atoms with Crippen LogP contribution in [0.5, 0.6) is 0 Å². The third kappa shape index (κ3) is 2.03. The monoisotopic (exact) mass is 283 g/mol. The van der Waals surface area contributed by atoms with Gasteiger partial charge in [0.1, 0.15) is 4.90 Å². The van der Waals surface area contributed by atoms with Gasteiger partial charge < -0.3 is 11.5 Å². The predicted molar refractivity (Wildman–Crippen MR) is 67.4 cm³/mol. The molecule has 102 valence electrons. The van der Waals surface area contributed by atoms with Crippen molar-refractivity contribution in [2.24, 2.45) is 11.7 Å². The first-order chi connectivity index (χ1) is 8.75. The molecule has 0 radical (unpaired) electrons.